The van der Waals surface area contributed by atoms with E-state index in [1.807, 2.05) is 25.1 Å². The van der Waals surface area contributed by atoms with Crippen molar-refractivity contribution < 1.29 is 25.4 Å². The molecule has 0 aliphatic rings. The second-order valence-corrected chi connectivity index (χ2v) is 5.13. The second kappa shape index (κ2) is 5.43. The summed E-state index contributed by atoms with van der Waals surface area (Å²) in [6.07, 6.45) is 4.56. The topological polar surface area (TPSA) is 76.9 Å². The summed E-state index contributed by atoms with van der Waals surface area (Å²) in [6, 6.07) is 7.20. The molecule has 0 radical (unpaired) electrons. The monoisotopic (exact) mass is 285 g/mol. The van der Waals surface area contributed by atoms with Gasteiger partial charge in [-0.15, -0.1) is 0 Å². The van der Waals surface area contributed by atoms with Crippen LogP contribution in [0.15, 0.2) is 47.8 Å². The maximum absolute atomic E-state index is 11.5. The fraction of sp³-hybridized carbons (Fsp3) is 0.0909. The van der Waals surface area contributed by atoms with Crippen LogP contribution in [0.4, 0.5) is 0 Å². The number of hydrogen-bond acceptors (Lipinski definition) is 3. The highest BCUT2D eigenvalue weighted by molar-refractivity contribution is 7.89. The largest absolute Gasteiger partial charge is 1.00 e. The maximum Gasteiger partial charge on any atom is 0.246 e. The summed E-state index contributed by atoms with van der Waals surface area (Å²) in [7, 11) is -3.78. The van der Waals surface area contributed by atoms with Crippen LogP contribution in [-0.2, 0) is 10.0 Å². The van der Waals surface area contributed by atoms with Crippen molar-refractivity contribution >= 4 is 10.0 Å². The molecule has 0 saturated heterocycles. The number of aromatic nitrogens is 2. The van der Waals surface area contributed by atoms with Gasteiger partial charge in [-0.1, -0.05) is 6.07 Å². The van der Waals surface area contributed by atoms with Gasteiger partial charge >= 0.3 is 0 Å². The minimum absolute atomic E-state index is 0. The molecule has 0 bridgehead atoms. The molecule has 2 rings (SSSR count). The van der Waals surface area contributed by atoms with Gasteiger partial charge in [-0.3, -0.25) is 4.98 Å². The third-order valence-electron chi connectivity index (χ3n) is 2.39. The highest BCUT2D eigenvalue weighted by atomic mass is 35.5. The van der Waals surface area contributed by atoms with Gasteiger partial charge in [-0.25, -0.2) is 13.6 Å². The van der Waals surface area contributed by atoms with Crippen LogP contribution < -0.4 is 22.1 Å². The van der Waals surface area contributed by atoms with Crippen molar-refractivity contribution in [2.24, 2.45) is 5.14 Å². The molecule has 7 heteroatoms. The number of nitrogens with zero attached hydrogens (tertiary/aromatic N) is 2. The van der Waals surface area contributed by atoms with Crippen LogP contribution in [0.2, 0.25) is 0 Å². The van der Waals surface area contributed by atoms with Crippen molar-refractivity contribution in [2.45, 2.75) is 11.8 Å². The summed E-state index contributed by atoms with van der Waals surface area (Å²) < 4.78 is 24.7. The smallest absolute Gasteiger partial charge is 0.246 e. The van der Waals surface area contributed by atoms with Crippen LogP contribution in [0.5, 0.6) is 0 Å². The van der Waals surface area contributed by atoms with E-state index < -0.39 is 10.0 Å². The lowest BCUT2D eigenvalue weighted by atomic mass is 10.3. The van der Waals surface area contributed by atoms with Gasteiger partial charge in [0, 0.05) is 31.3 Å². The van der Waals surface area contributed by atoms with Gasteiger partial charge < -0.3 is 12.4 Å². The zero-order valence-corrected chi connectivity index (χ0v) is 11.2. The minimum Gasteiger partial charge on any atom is -1.00 e. The quantitative estimate of drug-likeness (QED) is 0.611. The van der Waals surface area contributed by atoms with Crippen molar-refractivity contribution in [2.75, 3.05) is 0 Å². The lowest BCUT2D eigenvalue weighted by molar-refractivity contribution is -0.605. The van der Waals surface area contributed by atoms with Gasteiger partial charge in [0.2, 0.25) is 15.7 Å². The average molecular weight is 286 g/mol. The summed E-state index contributed by atoms with van der Waals surface area (Å²) in [5, 5.41) is 5.16. The third-order valence-corrected chi connectivity index (χ3v) is 3.32. The number of nitrogens with two attached hydrogens (primary N) is 1. The Hall–Kier alpha value is -1.50. The van der Waals surface area contributed by atoms with E-state index >= 15 is 0 Å². The van der Waals surface area contributed by atoms with Gasteiger partial charge in [-0.2, -0.15) is 4.57 Å². The molecule has 18 heavy (non-hydrogen) atoms. The number of halogens is 1. The Morgan fingerprint density at radius 2 is 2.00 bits per heavy atom. The van der Waals surface area contributed by atoms with Crippen LogP contribution in [0.25, 0.3) is 5.69 Å². The molecule has 0 fully saturated rings. The van der Waals surface area contributed by atoms with E-state index in [2.05, 4.69) is 4.98 Å². The average Bonchev–Trinajstić information content (AvgIpc) is 2.28. The first-order valence-corrected chi connectivity index (χ1v) is 6.49. The highest BCUT2D eigenvalue weighted by Crippen LogP contribution is 2.12. The number of pyridine rings is 2. The fourth-order valence-corrected chi connectivity index (χ4v) is 2.26. The molecule has 0 aliphatic carbocycles. The molecule has 0 spiro atoms. The first kappa shape index (κ1) is 14.6. The van der Waals surface area contributed by atoms with E-state index in [9.17, 15) is 8.42 Å². The zero-order chi connectivity index (χ0) is 12.5. The molecule has 5 nitrogen and oxygen atoms in total. The zero-order valence-electron chi connectivity index (χ0n) is 9.62. The molecule has 2 heterocycles. The second-order valence-electron chi connectivity index (χ2n) is 3.60. The van der Waals surface area contributed by atoms with Gasteiger partial charge in [0.15, 0.2) is 16.8 Å². The molecular formula is C11H12ClN3O2S. The number of rotatable bonds is 2. The molecule has 2 aromatic heterocycles. The summed E-state index contributed by atoms with van der Waals surface area (Å²) in [5.74, 6) is 0. The summed E-state index contributed by atoms with van der Waals surface area (Å²) in [4.78, 5) is 3.81. The normalized spacial score (nSPS) is 10.8. The number of aryl methyl sites for hydroxylation is 1. The van der Waals surface area contributed by atoms with Gasteiger partial charge in [0.05, 0.1) is 6.20 Å². The Bertz CT molecular complexity index is 659. The fourth-order valence-electron chi connectivity index (χ4n) is 1.59. The van der Waals surface area contributed by atoms with E-state index in [0.29, 0.717) is 5.69 Å². The molecule has 0 amide bonds. The molecule has 96 valence electrons. The Morgan fingerprint density at radius 1 is 1.28 bits per heavy atom. The third kappa shape index (κ3) is 2.84. The number of primary sulfonamides is 1. The van der Waals surface area contributed by atoms with E-state index in [0.717, 1.165) is 5.69 Å². The highest BCUT2D eigenvalue weighted by Gasteiger charge is 2.22. The summed E-state index contributed by atoms with van der Waals surface area (Å²) in [5.41, 5.74) is 1.41. The Labute approximate surface area is 112 Å². The lowest BCUT2D eigenvalue weighted by Crippen LogP contribution is -3.00. The van der Waals surface area contributed by atoms with Gasteiger partial charge in [0.1, 0.15) is 0 Å². The van der Waals surface area contributed by atoms with E-state index in [1.54, 1.807) is 16.8 Å². The van der Waals surface area contributed by atoms with Crippen LogP contribution in [0.3, 0.4) is 0 Å². The molecule has 2 aromatic rings. The van der Waals surface area contributed by atoms with Crippen molar-refractivity contribution in [3.63, 3.8) is 0 Å². The number of sulfonamides is 1. The Balaban J connectivity index is 0.00000162. The van der Waals surface area contributed by atoms with E-state index in [1.165, 1.54) is 12.4 Å². The standard InChI is InChI=1S/C11H12N3O2S.ClH/c1-9-4-2-3-7-14(9)10-5-6-13-8-11(10)17(12,15)16;/h2-8H,1H3,(H2,12,15,16);1H/q+1;/p-1. The molecule has 0 saturated carbocycles. The van der Waals surface area contributed by atoms with Crippen molar-refractivity contribution in [1.29, 1.82) is 0 Å². The minimum atomic E-state index is -3.78. The Kier molecular flexibility index (Phi) is 4.39. The van der Waals surface area contributed by atoms with Crippen LogP contribution in [0.1, 0.15) is 5.69 Å². The van der Waals surface area contributed by atoms with Crippen LogP contribution in [-0.4, -0.2) is 13.4 Å². The molecular weight excluding hydrogens is 274 g/mol. The lowest BCUT2D eigenvalue weighted by Gasteiger charge is -2.03. The predicted molar refractivity (Wildman–Crippen MR) is 61.9 cm³/mol. The van der Waals surface area contributed by atoms with Gasteiger partial charge in [0.25, 0.3) is 0 Å². The molecule has 0 aliphatic heterocycles. The van der Waals surface area contributed by atoms with E-state index in [-0.39, 0.29) is 17.3 Å². The first-order valence-electron chi connectivity index (χ1n) is 4.94. The van der Waals surface area contributed by atoms with Crippen molar-refractivity contribution in [3.8, 4) is 5.69 Å². The predicted octanol–water partition coefficient (Wildman–Crippen LogP) is -2.68. The van der Waals surface area contributed by atoms with Crippen molar-refractivity contribution in [1.82, 2.24) is 4.98 Å². The SMILES string of the molecule is Cc1cccc[n+]1-c1ccncc1S(N)(=O)=O.[Cl-]. The molecule has 0 aromatic carbocycles. The molecule has 2 N–H and O–H groups in total. The van der Waals surface area contributed by atoms with Gasteiger partial charge in [-0.05, 0) is 0 Å². The first-order chi connectivity index (χ1) is 8.00. The summed E-state index contributed by atoms with van der Waals surface area (Å²) in [6.45, 7) is 1.88. The molecule has 0 unspecified atom stereocenters. The van der Waals surface area contributed by atoms with Crippen LogP contribution in [0, 0.1) is 6.92 Å². The van der Waals surface area contributed by atoms with Crippen LogP contribution >= 0.6 is 0 Å². The molecule has 0 atom stereocenters. The Morgan fingerprint density at radius 3 is 2.61 bits per heavy atom. The summed E-state index contributed by atoms with van der Waals surface area (Å²) >= 11 is 0. The number of hydrogen-bond donors (Lipinski definition) is 1. The maximum atomic E-state index is 11.5. The van der Waals surface area contributed by atoms with Crippen molar-refractivity contribution in [3.05, 3.63) is 48.5 Å². The van der Waals surface area contributed by atoms with E-state index in [4.69, 9.17) is 5.14 Å².